The zero-order valence-corrected chi connectivity index (χ0v) is 20.2. The first-order chi connectivity index (χ1) is 16.6. The Bertz CT molecular complexity index is 982. The maximum Gasteiger partial charge on any atom is 0.326 e. The number of nitrogens with zero attached hydrogens (tertiary/aromatic N) is 1. The van der Waals surface area contributed by atoms with Crippen molar-refractivity contribution in [3.8, 4) is 0 Å². The van der Waals surface area contributed by atoms with E-state index in [1.165, 1.54) is 19.4 Å². The quantitative estimate of drug-likeness (QED) is 0.233. The first-order valence-corrected chi connectivity index (χ1v) is 11.5. The molecule has 0 aliphatic heterocycles. The summed E-state index contributed by atoms with van der Waals surface area (Å²) in [7, 11) is 0. The Morgan fingerprint density at radius 3 is 2.20 bits per heavy atom. The van der Waals surface area contributed by atoms with Crippen LogP contribution in [0.4, 0.5) is 0 Å². The van der Waals surface area contributed by atoms with Crippen molar-refractivity contribution in [1.29, 1.82) is 0 Å². The van der Waals surface area contributed by atoms with Crippen molar-refractivity contribution in [3.05, 3.63) is 54.1 Å². The minimum Gasteiger partial charge on any atom is -0.480 e. The maximum absolute atomic E-state index is 13.1. The number of imidazole rings is 1. The Labute approximate surface area is 204 Å². The van der Waals surface area contributed by atoms with E-state index in [2.05, 4.69) is 25.9 Å². The van der Waals surface area contributed by atoms with Gasteiger partial charge in [0.15, 0.2) is 0 Å². The second-order valence-corrected chi connectivity index (χ2v) is 8.57. The molecule has 0 bridgehead atoms. The molecule has 35 heavy (non-hydrogen) atoms. The first kappa shape index (κ1) is 27.5. The Morgan fingerprint density at radius 2 is 1.63 bits per heavy atom. The number of aromatic amines is 1. The lowest BCUT2D eigenvalue weighted by Gasteiger charge is -2.25. The van der Waals surface area contributed by atoms with Gasteiger partial charge in [0.1, 0.15) is 18.1 Å². The van der Waals surface area contributed by atoms with Crippen LogP contribution in [0.3, 0.4) is 0 Å². The van der Waals surface area contributed by atoms with Gasteiger partial charge >= 0.3 is 5.97 Å². The number of hydrogen-bond acceptors (Lipinski definition) is 6. The molecule has 3 amide bonds. The highest BCUT2D eigenvalue weighted by Crippen LogP contribution is 2.08. The molecular weight excluding hydrogens is 452 g/mol. The zero-order chi connectivity index (χ0) is 26.0. The average Bonchev–Trinajstić information content (AvgIpc) is 3.35. The Hall–Kier alpha value is -3.73. The predicted molar refractivity (Wildman–Crippen MR) is 129 cm³/mol. The predicted octanol–water partition coefficient (Wildman–Crippen LogP) is 0.127. The van der Waals surface area contributed by atoms with Gasteiger partial charge in [-0.2, -0.15) is 0 Å². The van der Waals surface area contributed by atoms with E-state index in [9.17, 15) is 24.3 Å². The molecule has 0 saturated heterocycles. The van der Waals surface area contributed by atoms with Crippen LogP contribution >= 0.6 is 0 Å². The number of benzene rings is 1. The van der Waals surface area contributed by atoms with Crippen molar-refractivity contribution in [2.45, 2.75) is 64.2 Å². The number of carboxylic acid groups (broad SMARTS) is 1. The largest absolute Gasteiger partial charge is 0.480 e. The summed E-state index contributed by atoms with van der Waals surface area (Å²) in [5.41, 5.74) is 7.38. The summed E-state index contributed by atoms with van der Waals surface area (Å²) in [5, 5.41) is 17.2. The molecule has 1 aromatic carbocycles. The van der Waals surface area contributed by atoms with E-state index >= 15 is 0 Å². The van der Waals surface area contributed by atoms with Crippen molar-refractivity contribution < 1.29 is 24.3 Å². The van der Waals surface area contributed by atoms with E-state index in [1.807, 2.05) is 44.2 Å². The highest BCUT2D eigenvalue weighted by molar-refractivity contribution is 5.94. The molecular formula is C24H34N6O5. The summed E-state index contributed by atoms with van der Waals surface area (Å²) in [6.45, 7) is 5.21. The van der Waals surface area contributed by atoms with Gasteiger partial charge in [-0.05, 0) is 18.4 Å². The van der Waals surface area contributed by atoms with Crippen LogP contribution in [-0.4, -0.2) is 62.9 Å². The summed E-state index contributed by atoms with van der Waals surface area (Å²) < 4.78 is 0. The molecule has 2 aromatic rings. The minimum absolute atomic E-state index is 0.00192. The summed E-state index contributed by atoms with van der Waals surface area (Å²) in [6, 6.07) is 5.09. The van der Waals surface area contributed by atoms with Gasteiger partial charge in [0.05, 0.1) is 12.4 Å². The molecule has 5 unspecified atom stereocenters. The molecule has 0 fully saturated rings. The van der Waals surface area contributed by atoms with E-state index < -0.39 is 47.9 Å². The van der Waals surface area contributed by atoms with E-state index in [0.717, 1.165) is 5.56 Å². The summed E-state index contributed by atoms with van der Waals surface area (Å²) in [5.74, 6) is -3.02. The van der Waals surface area contributed by atoms with Gasteiger partial charge in [-0.1, -0.05) is 50.6 Å². The number of aliphatic carboxylic acids is 1. The Kier molecular flexibility index (Phi) is 10.4. The molecule has 11 nitrogen and oxygen atoms in total. The molecule has 0 spiro atoms. The second kappa shape index (κ2) is 13.2. The van der Waals surface area contributed by atoms with Gasteiger partial charge in [-0.25, -0.2) is 9.78 Å². The SMILES string of the molecule is CCC(C)C(N)C(=O)NC(Cc1ccccc1)C(=O)NC(C)C(=O)NC(Cc1cnc[nH]1)C(=O)O. The second-order valence-electron chi connectivity index (χ2n) is 8.57. The van der Waals surface area contributed by atoms with E-state index in [0.29, 0.717) is 12.1 Å². The number of carbonyl (C=O) groups excluding carboxylic acids is 3. The van der Waals surface area contributed by atoms with Crippen LogP contribution in [0.15, 0.2) is 42.9 Å². The molecule has 5 atom stereocenters. The molecule has 0 aliphatic carbocycles. The molecule has 7 N–H and O–H groups in total. The fourth-order valence-corrected chi connectivity index (χ4v) is 3.33. The van der Waals surface area contributed by atoms with E-state index in [4.69, 9.17) is 5.73 Å². The van der Waals surface area contributed by atoms with Crippen molar-refractivity contribution in [3.63, 3.8) is 0 Å². The summed E-state index contributed by atoms with van der Waals surface area (Å²) in [6.07, 6.45) is 3.77. The number of rotatable bonds is 13. The number of carboxylic acids is 1. The Morgan fingerprint density at radius 1 is 0.971 bits per heavy atom. The molecule has 1 heterocycles. The van der Waals surface area contributed by atoms with Gasteiger partial charge in [-0.3, -0.25) is 14.4 Å². The van der Waals surface area contributed by atoms with Crippen LogP contribution in [-0.2, 0) is 32.0 Å². The summed E-state index contributed by atoms with van der Waals surface area (Å²) >= 11 is 0. The molecule has 11 heteroatoms. The fraction of sp³-hybridized carbons (Fsp3) is 0.458. The third kappa shape index (κ3) is 8.53. The lowest BCUT2D eigenvalue weighted by molar-refractivity contribution is -0.142. The lowest BCUT2D eigenvalue weighted by atomic mass is 9.98. The van der Waals surface area contributed by atoms with E-state index in [-0.39, 0.29) is 18.8 Å². The maximum atomic E-state index is 13.1. The lowest BCUT2D eigenvalue weighted by Crippen LogP contribution is -2.57. The van der Waals surface area contributed by atoms with Crippen molar-refractivity contribution in [2.75, 3.05) is 0 Å². The number of aromatic nitrogens is 2. The van der Waals surface area contributed by atoms with Gasteiger partial charge in [-0.15, -0.1) is 0 Å². The van der Waals surface area contributed by atoms with Crippen LogP contribution in [0.5, 0.6) is 0 Å². The zero-order valence-electron chi connectivity index (χ0n) is 20.2. The smallest absolute Gasteiger partial charge is 0.326 e. The molecule has 0 radical (unpaired) electrons. The normalized spacial score (nSPS) is 15.2. The molecule has 0 aliphatic rings. The Balaban J connectivity index is 2.07. The number of H-pyrrole nitrogens is 1. The van der Waals surface area contributed by atoms with Gasteiger partial charge in [0.25, 0.3) is 0 Å². The topological polar surface area (TPSA) is 179 Å². The third-order valence-electron chi connectivity index (χ3n) is 5.82. The highest BCUT2D eigenvalue weighted by atomic mass is 16.4. The number of nitrogens with one attached hydrogen (secondary N) is 4. The van der Waals surface area contributed by atoms with Crippen LogP contribution in [0, 0.1) is 5.92 Å². The molecule has 1 aromatic heterocycles. The van der Waals surface area contributed by atoms with Crippen LogP contribution in [0.2, 0.25) is 0 Å². The summed E-state index contributed by atoms with van der Waals surface area (Å²) in [4.78, 5) is 56.6. The molecule has 0 saturated carbocycles. The number of nitrogens with two attached hydrogens (primary N) is 1. The van der Waals surface area contributed by atoms with E-state index in [1.54, 1.807) is 0 Å². The molecule has 2 rings (SSSR count). The van der Waals surface area contributed by atoms with Crippen molar-refractivity contribution in [2.24, 2.45) is 11.7 Å². The number of hydrogen-bond donors (Lipinski definition) is 6. The van der Waals surface area contributed by atoms with Crippen molar-refractivity contribution >= 4 is 23.7 Å². The third-order valence-corrected chi connectivity index (χ3v) is 5.82. The standard InChI is InChI=1S/C24H34N6O5/c1-4-14(2)20(25)23(33)29-18(10-16-8-6-5-7-9-16)22(32)28-15(3)21(31)30-19(24(34)35)11-17-12-26-13-27-17/h5-9,12-15,18-20H,4,10-11,25H2,1-3H3,(H,26,27)(H,28,32)(H,29,33)(H,30,31)(H,34,35). The van der Waals surface area contributed by atoms with Gasteiger partial charge in [0, 0.05) is 24.7 Å². The molecule has 190 valence electrons. The van der Waals surface area contributed by atoms with Crippen molar-refractivity contribution in [1.82, 2.24) is 25.9 Å². The first-order valence-electron chi connectivity index (χ1n) is 11.5. The fourth-order valence-electron chi connectivity index (χ4n) is 3.33. The van der Waals surface area contributed by atoms with Crippen LogP contribution in [0.1, 0.15) is 38.4 Å². The highest BCUT2D eigenvalue weighted by Gasteiger charge is 2.29. The number of carbonyl (C=O) groups is 4. The van der Waals surface area contributed by atoms with Gasteiger partial charge in [0.2, 0.25) is 17.7 Å². The minimum atomic E-state index is -1.22. The van der Waals surface area contributed by atoms with Crippen LogP contribution in [0.25, 0.3) is 0 Å². The average molecular weight is 487 g/mol. The monoisotopic (exact) mass is 486 g/mol. The van der Waals surface area contributed by atoms with Crippen LogP contribution < -0.4 is 21.7 Å². The number of amides is 3. The van der Waals surface area contributed by atoms with Gasteiger partial charge < -0.3 is 31.8 Å².